The lowest BCUT2D eigenvalue weighted by atomic mass is 10.1. The van der Waals surface area contributed by atoms with E-state index in [4.69, 9.17) is 0 Å². The van der Waals surface area contributed by atoms with Crippen molar-refractivity contribution in [1.82, 2.24) is 19.4 Å². The fourth-order valence-corrected chi connectivity index (χ4v) is 3.46. The van der Waals surface area contributed by atoms with Crippen LogP contribution in [0.15, 0.2) is 10.8 Å². The van der Waals surface area contributed by atoms with Gasteiger partial charge in [0.25, 0.3) is 0 Å². The number of rotatable bonds is 2. The van der Waals surface area contributed by atoms with E-state index in [1.807, 2.05) is 4.57 Å². The van der Waals surface area contributed by atoms with Gasteiger partial charge in [-0.3, -0.25) is 9.59 Å². The Bertz CT molecular complexity index is 646. The van der Waals surface area contributed by atoms with Gasteiger partial charge in [0, 0.05) is 26.1 Å². The number of halogens is 4. The molecule has 3 rings (SSSR count). The minimum absolute atomic E-state index is 0.163. The van der Waals surface area contributed by atoms with Crippen LogP contribution in [-0.2, 0) is 22.7 Å². The summed E-state index contributed by atoms with van der Waals surface area (Å²) >= 11 is 3.36. The number of carbonyl (C=O) groups excluding carboxylic acids is 2. The van der Waals surface area contributed by atoms with Crippen molar-refractivity contribution in [2.24, 2.45) is 5.92 Å². The molecule has 0 N–H and O–H groups in total. The van der Waals surface area contributed by atoms with Gasteiger partial charge >= 0.3 is 6.18 Å². The van der Waals surface area contributed by atoms with E-state index in [0.717, 1.165) is 4.60 Å². The standard InChI is InChI=1S/C13H14BrF3N4O2/c14-9-4-18-10-6-19(1-2-21(9)10)12(23)8-3-11(22)20(5-8)7-13(15,16)17/h4,8H,1-3,5-7H2/t8-/m0/s1. The largest absolute Gasteiger partial charge is 0.406 e. The molecule has 2 aliphatic rings. The second-order valence-corrected chi connectivity index (χ2v) is 6.51. The summed E-state index contributed by atoms with van der Waals surface area (Å²) in [5.41, 5.74) is 0. The van der Waals surface area contributed by atoms with Crippen molar-refractivity contribution in [2.45, 2.75) is 25.7 Å². The Hall–Kier alpha value is -1.58. The minimum atomic E-state index is -4.45. The Morgan fingerprint density at radius 1 is 1.39 bits per heavy atom. The SMILES string of the molecule is O=C1C[C@H](C(=O)N2CCn3c(Br)cnc3C2)CN1CC(F)(F)F. The molecule has 1 aromatic rings. The Morgan fingerprint density at radius 3 is 2.83 bits per heavy atom. The summed E-state index contributed by atoms with van der Waals surface area (Å²) in [6.45, 7) is -0.160. The lowest BCUT2D eigenvalue weighted by Crippen LogP contribution is -2.43. The van der Waals surface area contributed by atoms with Gasteiger partial charge < -0.3 is 14.4 Å². The molecule has 2 aliphatic heterocycles. The summed E-state index contributed by atoms with van der Waals surface area (Å²) in [5.74, 6) is -0.905. The van der Waals surface area contributed by atoms with Crippen LogP contribution in [-0.4, -0.2) is 57.0 Å². The first-order chi connectivity index (χ1) is 10.7. The number of imidazole rings is 1. The number of aromatic nitrogens is 2. The highest BCUT2D eigenvalue weighted by molar-refractivity contribution is 9.10. The van der Waals surface area contributed by atoms with E-state index >= 15 is 0 Å². The molecule has 3 heterocycles. The number of carbonyl (C=O) groups is 2. The Balaban J connectivity index is 1.65. The highest BCUT2D eigenvalue weighted by atomic mass is 79.9. The monoisotopic (exact) mass is 394 g/mol. The fraction of sp³-hybridized carbons (Fsp3) is 0.615. The average Bonchev–Trinajstić information content (AvgIpc) is 3.00. The fourth-order valence-electron chi connectivity index (χ4n) is 2.98. The molecule has 0 bridgehead atoms. The molecule has 23 heavy (non-hydrogen) atoms. The van der Waals surface area contributed by atoms with E-state index < -0.39 is 24.5 Å². The van der Waals surface area contributed by atoms with Gasteiger partial charge in [-0.25, -0.2) is 4.98 Å². The average molecular weight is 395 g/mol. The Morgan fingerprint density at radius 2 is 2.13 bits per heavy atom. The second-order valence-electron chi connectivity index (χ2n) is 5.70. The van der Waals surface area contributed by atoms with E-state index in [0.29, 0.717) is 30.4 Å². The van der Waals surface area contributed by atoms with E-state index in [-0.39, 0.29) is 18.9 Å². The van der Waals surface area contributed by atoms with Gasteiger partial charge in [0.2, 0.25) is 11.8 Å². The molecule has 10 heteroatoms. The van der Waals surface area contributed by atoms with Crippen LogP contribution in [0.4, 0.5) is 13.2 Å². The summed E-state index contributed by atoms with van der Waals surface area (Å²) in [7, 11) is 0. The second kappa shape index (κ2) is 5.81. The van der Waals surface area contributed by atoms with Gasteiger partial charge in [-0.05, 0) is 15.9 Å². The van der Waals surface area contributed by atoms with Crippen LogP contribution in [0.2, 0.25) is 0 Å². The molecule has 6 nitrogen and oxygen atoms in total. The van der Waals surface area contributed by atoms with E-state index in [2.05, 4.69) is 20.9 Å². The first kappa shape index (κ1) is 16.3. The number of fused-ring (bicyclic) bond motifs is 1. The lowest BCUT2D eigenvalue weighted by Gasteiger charge is -2.30. The molecule has 0 aromatic carbocycles. The molecular formula is C13H14BrF3N4O2. The zero-order valence-corrected chi connectivity index (χ0v) is 13.6. The van der Waals surface area contributed by atoms with Crippen molar-refractivity contribution in [3.63, 3.8) is 0 Å². The smallest absolute Gasteiger partial charge is 0.333 e. The zero-order valence-electron chi connectivity index (χ0n) is 12.0. The first-order valence-electron chi connectivity index (χ1n) is 7.08. The molecule has 0 spiro atoms. The van der Waals surface area contributed by atoms with Crippen molar-refractivity contribution in [3.05, 3.63) is 16.6 Å². The molecule has 0 unspecified atom stereocenters. The molecule has 0 aliphatic carbocycles. The molecule has 1 fully saturated rings. The van der Waals surface area contributed by atoms with Crippen LogP contribution in [0.25, 0.3) is 0 Å². The molecule has 126 valence electrons. The highest BCUT2D eigenvalue weighted by Crippen LogP contribution is 2.26. The van der Waals surface area contributed by atoms with Gasteiger partial charge in [0.1, 0.15) is 17.0 Å². The summed E-state index contributed by atoms with van der Waals surface area (Å²) < 4.78 is 40.0. The number of alkyl halides is 3. The summed E-state index contributed by atoms with van der Waals surface area (Å²) in [4.78, 5) is 30.6. The normalized spacial score (nSPS) is 21.7. The molecule has 1 saturated heterocycles. The Kier molecular flexibility index (Phi) is 4.11. The molecule has 0 radical (unpaired) electrons. The molecule has 0 saturated carbocycles. The third kappa shape index (κ3) is 3.36. The maximum absolute atomic E-state index is 12.5. The predicted octanol–water partition coefficient (Wildman–Crippen LogP) is 1.40. The number of hydrogen-bond acceptors (Lipinski definition) is 3. The first-order valence-corrected chi connectivity index (χ1v) is 7.87. The topological polar surface area (TPSA) is 58.4 Å². The molecular weight excluding hydrogens is 381 g/mol. The summed E-state index contributed by atoms with van der Waals surface area (Å²) in [6.07, 6.45) is -2.97. The quantitative estimate of drug-likeness (QED) is 0.761. The number of likely N-dealkylation sites (tertiary alicyclic amines) is 1. The Labute approximate surface area is 138 Å². The van der Waals surface area contributed by atoms with E-state index in [9.17, 15) is 22.8 Å². The third-order valence-corrected chi connectivity index (χ3v) is 4.69. The predicted molar refractivity (Wildman–Crippen MR) is 76.1 cm³/mol. The number of amides is 2. The maximum Gasteiger partial charge on any atom is 0.406 e. The van der Waals surface area contributed by atoms with Crippen LogP contribution < -0.4 is 0 Å². The third-order valence-electron chi connectivity index (χ3n) is 4.06. The molecule has 1 atom stereocenters. The number of hydrogen-bond donors (Lipinski definition) is 0. The summed E-state index contributed by atoms with van der Waals surface area (Å²) in [6, 6.07) is 0. The molecule has 2 amide bonds. The van der Waals surface area contributed by atoms with Crippen LogP contribution in [0.1, 0.15) is 12.2 Å². The van der Waals surface area contributed by atoms with Crippen LogP contribution >= 0.6 is 15.9 Å². The van der Waals surface area contributed by atoms with Gasteiger partial charge in [0.05, 0.1) is 18.7 Å². The van der Waals surface area contributed by atoms with Crippen LogP contribution in [0.5, 0.6) is 0 Å². The summed E-state index contributed by atoms with van der Waals surface area (Å²) in [5, 5.41) is 0. The van der Waals surface area contributed by atoms with Gasteiger partial charge in [-0.2, -0.15) is 13.2 Å². The van der Waals surface area contributed by atoms with Crippen LogP contribution in [0, 0.1) is 5.92 Å². The van der Waals surface area contributed by atoms with Crippen molar-refractivity contribution < 1.29 is 22.8 Å². The van der Waals surface area contributed by atoms with Crippen LogP contribution in [0.3, 0.4) is 0 Å². The van der Waals surface area contributed by atoms with Gasteiger partial charge in [0.15, 0.2) is 0 Å². The van der Waals surface area contributed by atoms with Gasteiger partial charge in [-0.1, -0.05) is 0 Å². The lowest BCUT2D eigenvalue weighted by molar-refractivity contribution is -0.157. The maximum atomic E-state index is 12.5. The van der Waals surface area contributed by atoms with Crippen molar-refractivity contribution in [1.29, 1.82) is 0 Å². The van der Waals surface area contributed by atoms with Crippen molar-refractivity contribution in [3.8, 4) is 0 Å². The van der Waals surface area contributed by atoms with Crippen molar-refractivity contribution >= 4 is 27.7 Å². The number of nitrogens with zero attached hydrogens (tertiary/aromatic N) is 4. The molecule has 1 aromatic heterocycles. The van der Waals surface area contributed by atoms with E-state index in [1.54, 1.807) is 11.1 Å². The zero-order chi connectivity index (χ0) is 16.8. The van der Waals surface area contributed by atoms with Gasteiger partial charge in [-0.15, -0.1) is 0 Å². The van der Waals surface area contributed by atoms with E-state index in [1.165, 1.54) is 0 Å². The van der Waals surface area contributed by atoms with Crippen molar-refractivity contribution in [2.75, 3.05) is 19.6 Å². The highest BCUT2D eigenvalue weighted by Gasteiger charge is 2.42. The minimum Gasteiger partial charge on any atom is -0.333 e.